The maximum atomic E-state index is 11.4. The monoisotopic (exact) mass is 260 g/mol. The number of thiophene rings is 1. The molecule has 0 fully saturated rings. The van der Waals surface area contributed by atoms with E-state index in [-0.39, 0.29) is 6.54 Å². The van der Waals surface area contributed by atoms with Crippen LogP contribution in [0, 0.1) is 11.3 Å². The lowest BCUT2D eigenvalue weighted by atomic mass is 10.2. The Morgan fingerprint density at radius 1 is 1.69 bits per heavy atom. The number of nitrogens with one attached hydrogen (secondary N) is 1. The summed E-state index contributed by atoms with van der Waals surface area (Å²) in [6.07, 6.45) is -0.882. The molecular weight excluding hydrogens is 248 g/mol. The van der Waals surface area contributed by atoms with E-state index in [1.54, 1.807) is 22.9 Å². The zero-order valence-corrected chi connectivity index (χ0v) is 10.3. The molecule has 2 atom stereocenters. The van der Waals surface area contributed by atoms with Crippen LogP contribution >= 0.6 is 11.3 Å². The van der Waals surface area contributed by atoms with E-state index in [1.165, 1.54) is 18.3 Å². The Morgan fingerprint density at radius 2 is 2.38 bits per heavy atom. The van der Waals surface area contributed by atoms with Crippen LogP contribution < -0.4 is 4.72 Å². The van der Waals surface area contributed by atoms with Crippen molar-refractivity contribution in [3.8, 4) is 6.07 Å². The molecule has 2 unspecified atom stereocenters. The molecule has 0 saturated carbocycles. The first-order chi connectivity index (χ1) is 7.47. The summed E-state index contributed by atoms with van der Waals surface area (Å²) in [5.41, 5.74) is 0.664. The van der Waals surface area contributed by atoms with Crippen LogP contribution in [0.3, 0.4) is 0 Å². The van der Waals surface area contributed by atoms with E-state index in [9.17, 15) is 13.5 Å². The number of hydrogen-bond acceptors (Lipinski definition) is 5. The Labute approximate surface area is 98.4 Å². The molecule has 0 radical (unpaired) electrons. The molecule has 0 amide bonds. The molecule has 0 spiro atoms. The predicted octanol–water partition coefficient (Wildman–Crippen LogP) is 0.613. The van der Waals surface area contributed by atoms with Crippen LogP contribution in [0.4, 0.5) is 0 Å². The Bertz CT molecular complexity index is 461. The van der Waals surface area contributed by atoms with Crippen LogP contribution in [0.25, 0.3) is 0 Å². The van der Waals surface area contributed by atoms with Gasteiger partial charge >= 0.3 is 0 Å². The van der Waals surface area contributed by atoms with Gasteiger partial charge < -0.3 is 5.11 Å². The minimum absolute atomic E-state index is 0.120. The maximum absolute atomic E-state index is 11.4. The van der Waals surface area contributed by atoms with Gasteiger partial charge in [-0.2, -0.15) is 16.6 Å². The third-order valence-corrected chi connectivity index (χ3v) is 4.36. The standard InChI is InChI=1S/C9H12N2O3S2/c1-7(4-10)16(13,14)11-5-9(12)8-2-3-15-6-8/h2-3,6-7,9,11-12H,5H2,1H3. The second kappa shape index (κ2) is 5.41. The van der Waals surface area contributed by atoms with Gasteiger partial charge in [-0.15, -0.1) is 0 Å². The maximum Gasteiger partial charge on any atom is 0.227 e. The van der Waals surface area contributed by atoms with Crippen molar-refractivity contribution in [2.45, 2.75) is 18.3 Å². The third kappa shape index (κ3) is 3.28. The number of hydrogen-bond donors (Lipinski definition) is 2. The molecule has 2 N–H and O–H groups in total. The van der Waals surface area contributed by atoms with Crippen LogP contribution in [0.2, 0.25) is 0 Å². The van der Waals surface area contributed by atoms with Crippen molar-refractivity contribution in [2.24, 2.45) is 0 Å². The predicted molar refractivity (Wildman–Crippen MR) is 61.3 cm³/mol. The van der Waals surface area contributed by atoms with Gasteiger partial charge in [0.2, 0.25) is 10.0 Å². The SMILES string of the molecule is CC(C#N)S(=O)(=O)NCC(O)c1ccsc1. The lowest BCUT2D eigenvalue weighted by Crippen LogP contribution is -2.34. The highest BCUT2D eigenvalue weighted by molar-refractivity contribution is 7.90. The van der Waals surface area contributed by atoms with Crippen molar-refractivity contribution in [1.29, 1.82) is 5.26 Å². The molecule has 0 bridgehead atoms. The van der Waals surface area contributed by atoms with E-state index >= 15 is 0 Å². The van der Waals surface area contributed by atoms with Gasteiger partial charge in [-0.1, -0.05) is 0 Å². The molecule has 0 aliphatic heterocycles. The quantitative estimate of drug-likeness (QED) is 0.811. The van der Waals surface area contributed by atoms with E-state index in [0.717, 1.165) is 0 Å². The molecule has 1 heterocycles. The summed E-state index contributed by atoms with van der Waals surface area (Å²) in [7, 11) is -3.66. The Balaban J connectivity index is 2.56. The van der Waals surface area contributed by atoms with E-state index in [2.05, 4.69) is 4.72 Å². The number of nitrogens with zero attached hydrogens (tertiary/aromatic N) is 1. The second-order valence-electron chi connectivity index (χ2n) is 3.24. The highest BCUT2D eigenvalue weighted by atomic mass is 32.2. The third-order valence-electron chi connectivity index (χ3n) is 2.05. The zero-order valence-electron chi connectivity index (χ0n) is 8.62. The molecule has 0 aromatic carbocycles. The first-order valence-electron chi connectivity index (χ1n) is 4.55. The molecule has 1 aromatic rings. The van der Waals surface area contributed by atoms with Gasteiger partial charge in [0.1, 0.15) is 0 Å². The number of aliphatic hydroxyl groups is 1. The van der Waals surface area contributed by atoms with Gasteiger partial charge in [-0.05, 0) is 29.3 Å². The summed E-state index contributed by atoms with van der Waals surface area (Å²) < 4.78 is 25.0. The first-order valence-corrected chi connectivity index (χ1v) is 7.04. The van der Waals surface area contributed by atoms with E-state index < -0.39 is 21.4 Å². The highest BCUT2D eigenvalue weighted by Crippen LogP contribution is 2.15. The summed E-state index contributed by atoms with van der Waals surface area (Å²) in [6.45, 7) is 1.17. The van der Waals surface area contributed by atoms with Gasteiger partial charge in [0.15, 0.2) is 5.25 Å². The fourth-order valence-electron chi connectivity index (χ4n) is 0.972. The minimum atomic E-state index is -3.66. The van der Waals surface area contributed by atoms with Gasteiger partial charge in [0.25, 0.3) is 0 Å². The summed E-state index contributed by atoms with van der Waals surface area (Å²) in [6, 6.07) is 3.35. The molecule has 5 nitrogen and oxygen atoms in total. The summed E-state index contributed by atoms with van der Waals surface area (Å²) in [5, 5.41) is 20.5. The Hall–Kier alpha value is -0.940. The fourth-order valence-corrected chi connectivity index (χ4v) is 2.46. The zero-order chi connectivity index (χ0) is 12.2. The van der Waals surface area contributed by atoms with E-state index in [4.69, 9.17) is 5.26 Å². The van der Waals surface area contributed by atoms with Gasteiger partial charge in [-0.3, -0.25) is 0 Å². The van der Waals surface area contributed by atoms with Crippen molar-refractivity contribution in [3.05, 3.63) is 22.4 Å². The van der Waals surface area contributed by atoms with Crippen LogP contribution in [-0.4, -0.2) is 25.3 Å². The average molecular weight is 260 g/mol. The van der Waals surface area contributed by atoms with Crippen molar-refractivity contribution >= 4 is 21.4 Å². The Morgan fingerprint density at radius 3 is 2.88 bits per heavy atom. The number of rotatable bonds is 5. The molecule has 1 aromatic heterocycles. The molecule has 1 rings (SSSR count). The summed E-state index contributed by atoms with van der Waals surface area (Å²) in [4.78, 5) is 0. The summed E-state index contributed by atoms with van der Waals surface area (Å²) >= 11 is 1.42. The van der Waals surface area contributed by atoms with E-state index in [0.29, 0.717) is 5.56 Å². The number of sulfonamides is 1. The average Bonchev–Trinajstić information content (AvgIpc) is 2.78. The fraction of sp³-hybridized carbons (Fsp3) is 0.444. The molecule has 0 aliphatic rings. The minimum Gasteiger partial charge on any atom is -0.387 e. The van der Waals surface area contributed by atoms with Crippen LogP contribution in [-0.2, 0) is 10.0 Å². The van der Waals surface area contributed by atoms with Crippen molar-refractivity contribution in [3.63, 3.8) is 0 Å². The van der Waals surface area contributed by atoms with Crippen LogP contribution in [0.15, 0.2) is 16.8 Å². The molecule has 0 aliphatic carbocycles. The van der Waals surface area contributed by atoms with Crippen LogP contribution in [0.5, 0.6) is 0 Å². The van der Waals surface area contributed by atoms with Gasteiger partial charge in [-0.25, -0.2) is 13.1 Å². The molecule has 88 valence electrons. The van der Waals surface area contributed by atoms with E-state index in [1.807, 2.05) is 0 Å². The normalized spacial score (nSPS) is 15.3. The Kier molecular flexibility index (Phi) is 4.44. The topological polar surface area (TPSA) is 90.2 Å². The van der Waals surface area contributed by atoms with Crippen LogP contribution in [0.1, 0.15) is 18.6 Å². The summed E-state index contributed by atoms with van der Waals surface area (Å²) in [5.74, 6) is 0. The largest absolute Gasteiger partial charge is 0.387 e. The smallest absolute Gasteiger partial charge is 0.227 e. The van der Waals surface area contributed by atoms with Crippen molar-refractivity contribution < 1.29 is 13.5 Å². The second-order valence-corrected chi connectivity index (χ2v) is 6.10. The van der Waals surface area contributed by atoms with Gasteiger partial charge in [0, 0.05) is 6.54 Å². The van der Waals surface area contributed by atoms with Crippen molar-refractivity contribution in [1.82, 2.24) is 4.72 Å². The number of aliphatic hydroxyl groups excluding tert-OH is 1. The molecule has 0 saturated heterocycles. The lowest BCUT2D eigenvalue weighted by molar-refractivity contribution is 0.182. The molecule has 16 heavy (non-hydrogen) atoms. The highest BCUT2D eigenvalue weighted by Gasteiger charge is 2.21. The molecular formula is C9H12N2O3S2. The first kappa shape index (κ1) is 13.1. The van der Waals surface area contributed by atoms with Gasteiger partial charge in [0.05, 0.1) is 12.2 Å². The lowest BCUT2D eigenvalue weighted by Gasteiger charge is -2.11. The molecule has 7 heteroatoms. The van der Waals surface area contributed by atoms with Crippen molar-refractivity contribution in [2.75, 3.05) is 6.54 Å². The number of nitriles is 1.